The van der Waals surface area contributed by atoms with Crippen molar-refractivity contribution in [2.24, 2.45) is 0 Å². The summed E-state index contributed by atoms with van der Waals surface area (Å²) in [7, 11) is 0. The molecule has 3 N–H and O–H groups in total. The lowest BCUT2D eigenvalue weighted by Gasteiger charge is -2.20. The lowest BCUT2D eigenvalue weighted by Crippen LogP contribution is -2.45. The van der Waals surface area contributed by atoms with Crippen LogP contribution in [0, 0.1) is 0 Å². The van der Waals surface area contributed by atoms with Crippen molar-refractivity contribution in [3.05, 3.63) is 24.3 Å². The summed E-state index contributed by atoms with van der Waals surface area (Å²) in [4.78, 5) is 24.6. The van der Waals surface area contributed by atoms with Gasteiger partial charge in [0, 0.05) is 12.8 Å². The largest absolute Gasteiger partial charge is 0.466 e. The van der Waals surface area contributed by atoms with Crippen LogP contribution in [0.3, 0.4) is 0 Å². The number of carbonyl (C=O) groups excluding carboxylic acids is 2. The normalized spacial score (nSPS) is 12.6. The van der Waals surface area contributed by atoms with Gasteiger partial charge in [-0.3, -0.25) is 9.59 Å². The summed E-state index contributed by atoms with van der Waals surface area (Å²) >= 11 is 0. The van der Waals surface area contributed by atoms with Gasteiger partial charge >= 0.3 is 5.97 Å². The molecule has 0 heterocycles. The van der Waals surface area contributed by atoms with E-state index in [4.69, 9.17) is 4.74 Å². The maximum atomic E-state index is 12.5. The van der Waals surface area contributed by atoms with E-state index in [1.807, 2.05) is 6.08 Å². The molecule has 0 aliphatic carbocycles. The third-order valence-electron chi connectivity index (χ3n) is 16.2. The van der Waals surface area contributed by atoms with Crippen molar-refractivity contribution in [3.63, 3.8) is 0 Å². The highest BCUT2D eigenvalue weighted by molar-refractivity contribution is 5.76. The Kier molecular flexibility index (Phi) is 64.4. The zero-order valence-electron chi connectivity index (χ0n) is 51.5. The molecule has 0 rings (SSSR count). The van der Waals surface area contributed by atoms with E-state index < -0.39 is 12.1 Å². The van der Waals surface area contributed by atoms with Crippen molar-refractivity contribution in [1.29, 1.82) is 0 Å². The van der Waals surface area contributed by atoms with Crippen LogP contribution < -0.4 is 5.32 Å². The van der Waals surface area contributed by atoms with E-state index in [9.17, 15) is 19.8 Å². The van der Waals surface area contributed by atoms with Gasteiger partial charge in [-0.05, 0) is 57.8 Å². The van der Waals surface area contributed by atoms with Gasteiger partial charge in [-0.25, -0.2) is 0 Å². The quantitative estimate of drug-likeness (QED) is 0.0320. The second-order valence-corrected chi connectivity index (χ2v) is 23.9. The number of aliphatic hydroxyl groups excluding tert-OH is 2. The Morgan fingerprint density at radius 1 is 0.355 bits per heavy atom. The summed E-state index contributed by atoms with van der Waals surface area (Å²) in [5, 5.41) is 23.2. The number of aliphatic hydroxyl groups is 2. The summed E-state index contributed by atoms with van der Waals surface area (Å²) in [5.74, 6) is -0.0509. The molecule has 0 bridgehead atoms. The molecular weight excluding hydrogens is 935 g/mol. The zero-order chi connectivity index (χ0) is 55.0. The highest BCUT2D eigenvalue weighted by Crippen LogP contribution is 2.19. The molecule has 0 aromatic heterocycles. The predicted molar refractivity (Wildman–Crippen MR) is 333 cm³/mol. The molecule has 76 heavy (non-hydrogen) atoms. The summed E-state index contributed by atoms with van der Waals surface area (Å²) in [5.41, 5.74) is 0. The molecule has 0 spiro atoms. The first-order chi connectivity index (χ1) is 37.5. The first kappa shape index (κ1) is 74.3. The van der Waals surface area contributed by atoms with E-state index in [1.165, 1.54) is 315 Å². The van der Waals surface area contributed by atoms with E-state index in [2.05, 4.69) is 31.3 Å². The molecule has 0 saturated carbocycles. The smallest absolute Gasteiger partial charge is 0.305 e. The number of rotatable bonds is 65. The van der Waals surface area contributed by atoms with Gasteiger partial charge < -0.3 is 20.3 Å². The number of hydrogen-bond donors (Lipinski definition) is 3. The number of unbranched alkanes of at least 4 members (excludes halogenated alkanes) is 52. The van der Waals surface area contributed by atoms with Crippen molar-refractivity contribution in [3.8, 4) is 0 Å². The third-order valence-corrected chi connectivity index (χ3v) is 16.2. The van der Waals surface area contributed by atoms with Gasteiger partial charge in [-0.2, -0.15) is 0 Å². The summed E-state index contributed by atoms with van der Waals surface area (Å²) < 4.78 is 5.50. The number of ether oxygens (including phenoxy) is 1. The van der Waals surface area contributed by atoms with E-state index in [0.29, 0.717) is 19.4 Å². The molecular formula is C70H135NO5. The number of allylic oxidation sites excluding steroid dienone is 3. The van der Waals surface area contributed by atoms with Crippen LogP contribution in [0.1, 0.15) is 386 Å². The Morgan fingerprint density at radius 3 is 0.934 bits per heavy atom. The highest BCUT2D eigenvalue weighted by atomic mass is 16.5. The van der Waals surface area contributed by atoms with Crippen LogP contribution in [0.5, 0.6) is 0 Å². The molecule has 6 nitrogen and oxygen atoms in total. The Hall–Kier alpha value is -1.66. The molecule has 2 atom stereocenters. The van der Waals surface area contributed by atoms with Crippen LogP contribution in [0.2, 0.25) is 0 Å². The Labute approximate surface area is 475 Å². The van der Waals surface area contributed by atoms with Crippen molar-refractivity contribution >= 4 is 11.9 Å². The molecule has 0 aromatic rings. The average molecular weight is 1070 g/mol. The van der Waals surface area contributed by atoms with Crippen LogP contribution in [-0.2, 0) is 14.3 Å². The van der Waals surface area contributed by atoms with Crippen LogP contribution in [-0.4, -0.2) is 47.4 Å². The number of carbonyl (C=O) groups is 2. The zero-order valence-corrected chi connectivity index (χ0v) is 51.5. The molecule has 1 amide bonds. The standard InChI is InChI=1S/C70H135NO5/c1-3-5-7-9-11-13-15-17-19-36-40-44-48-52-56-60-64-70(75)76-65-61-57-53-49-45-41-37-33-31-29-27-25-23-21-20-22-24-26-28-30-32-35-39-43-47-51-55-59-63-69(74)71-67(66-72)68(73)62-58-54-50-46-42-38-34-18-16-14-12-10-8-6-4-2/h19,36,58,62,67-68,72-73H,3-18,20-35,37-57,59-61,63-66H2,1-2H3,(H,71,74)/b36-19-,62-58+. The van der Waals surface area contributed by atoms with Crippen LogP contribution in [0.25, 0.3) is 0 Å². The van der Waals surface area contributed by atoms with Crippen LogP contribution in [0.4, 0.5) is 0 Å². The Bertz CT molecular complexity index is 1190. The number of amides is 1. The van der Waals surface area contributed by atoms with Gasteiger partial charge in [0.05, 0.1) is 25.4 Å². The van der Waals surface area contributed by atoms with E-state index in [1.54, 1.807) is 6.08 Å². The van der Waals surface area contributed by atoms with Gasteiger partial charge in [0.1, 0.15) is 0 Å². The molecule has 0 saturated heterocycles. The SMILES string of the molecule is CCCCCCCCC/C=C\CCCCCCCC(=O)OCCCCCCCCCCCCCCCCCCCCCCCCCCCCCCC(=O)NC(CO)C(O)/C=C/CCCCCCCCCCCCCCC. The summed E-state index contributed by atoms with van der Waals surface area (Å²) in [6.07, 6.45) is 82.5. The maximum Gasteiger partial charge on any atom is 0.305 e. The van der Waals surface area contributed by atoms with Gasteiger partial charge in [0.15, 0.2) is 0 Å². The first-order valence-corrected chi connectivity index (χ1v) is 34.6. The molecule has 2 unspecified atom stereocenters. The monoisotopic (exact) mass is 1070 g/mol. The molecule has 0 aliphatic rings. The fraction of sp³-hybridized carbons (Fsp3) is 0.914. The van der Waals surface area contributed by atoms with Gasteiger partial charge in [-0.15, -0.1) is 0 Å². The lowest BCUT2D eigenvalue weighted by molar-refractivity contribution is -0.143. The topological polar surface area (TPSA) is 95.9 Å². The average Bonchev–Trinajstić information content (AvgIpc) is 3.42. The molecule has 0 fully saturated rings. The number of nitrogens with one attached hydrogen (secondary N) is 1. The number of hydrogen-bond acceptors (Lipinski definition) is 5. The van der Waals surface area contributed by atoms with Gasteiger partial charge in [0.2, 0.25) is 5.91 Å². The molecule has 0 radical (unpaired) electrons. The first-order valence-electron chi connectivity index (χ1n) is 34.6. The summed E-state index contributed by atoms with van der Waals surface area (Å²) in [6, 6.07) is -0.625. The molecule has 6 heteroatoms. The third kappa shape index (κ3) is 61.6. The maximum absolute atomic E-state index is 12.5. The predicted octanol–water partition coefficient (Wildman–Crippen LogP) is 22.1. The Morgan fingerprint density at radius 2 is 0.618 bits per heavy atom. The Balaban J connectivity index is 3.35. The van der Waals surface area contributed by atoms with E-state index in [-0.39, 0.29) is 18.5 Å². The second-order valence-electron chi connectivity index (χ2n) is 23.9. The van der Waals surface area contributed by atoms with Gasteiger partial charge in [0.25, 0.3) is 0 Å². The molecule has 0 aromatic carbocycles. The highest BCUT2D eigenvalue weighted by Gasteiger charge is 2.18. The summed E-state index contributed by atoms with van der Waals surface area (Å²) in [6.45, 7) is 4.93. The van der Waals surface area contributed by atoms with Crippen LogP contribution >= 0.6 is 0 Å². The minimum Gasteiger partial charge on any atom is -0.466 e. The van der Waals surface area contributed by atoms with Crippen molar-refractivity contribution in [2.45, 2.75) is 398 Å². The lowest BCUT2D eigenvalue weighted by atomic mass is 10.0. The fourth-order valence-electron chi connectivity index (χ4n) is 10.9. The van der Waals surface area contributed by atoms with Crippen molar-refractivity contribution in [2.75, 3.05) is 13.2 Å². The van der Waals surface area contributed by atoms with E-state index >= 15 is 0 Å². The number of esters is 1. The van der Waals surface area contributed by atoms with Crippen molar-refractivity contribution in [1.82, 2.24) is 5.32 Å². The minimum atomic E-state index is -0.842. The molecule has 0 aliphatic heterocycles. The molecule has 450 valence electrons. The van der Waals surface area contributed by atoms with Crippen molar-refractivity contribution < 1.29 is 24.5 Å². The minimum absolute atomic E-state index is 0.0116. The fourth-order valence-corrected chi connectivity index (χ4v) is 10.9. The van der Waals surface area contributed by atoms with E-state index in [0.717, 1.165) is 44.9 Å². The second kappa shape index (κ2) is 65.9. The van der Waals surface area contributed by atoms with Crippen LogP contribution in [0.15, 0.2) is 24.3 Å². The van der Waals surface area contributed by atoms with Gasteiger partial charge in [-0.1, -0.05) is 340 Å².